The number of rotatable bonds is 4. The molecule has 0 aliphatic rings. The van der Waals surface area contributed by atoms with Crippen molar-refractivity contribution in [3.05, 3.63) is 71.0 Å². The number of thiazole rings is 1. The Morgan fingerprint density at radius 2 is 1.71 bits per heavy atom. The Labute approximate surface area is 139 Å². The van der Waals surface area contributed by atoms with Crippen LogP contribution in [0.4, 0.5) is 17.6 Å². The lowest BCUT2D eigenvalue weighted by Crippen LogP contribution is -2.04. The number of aromatic nitrogens is 1. The molecular formula is C17H11F4NOS. The van der Waals surface area contributed by atoms with E-state index in [1.54, 1.807) is 17.5 Å². The second-order valence-electron chi connectivity index (χ2n) is 4.94. The minimum atomic E-state index is -4.36. The number of hydrogen-bond donors (Lipinski definition) is 0. The first-order valence-corrected chi connectivity index (χ1v) is 7.81. The van der Waals surface area contributed by atoms with Crippen LogP contribution in [0.3, 0.4) is 0 Å². The van der Waals surface area contributed by atoms with E-state index in [9.17, 15) is 17.6 Å². The molecule has 3 rings (SSSR count). The normalized spacial score (nSPS) is 11.5. The summed E-state index contributed by atoms with van der Waals surface area (Å²) in [7, 11) is 0. The number of alkyl halides is 3. The Hall–Kier alpha value is -2.41. The maximum atomic E-state index is 13.5. The number of hydrogen-bond acceptors (Lipinski definition) is 3. The van der Waals surface area contributed by atoms with E-state index in [-0.39, 0.29) is 12.4 Å². The fourth-order valence-electron chi connectivity index (χ4n) is 2.02. The van der Waals surface area contributed by atoms with Gasteiger partial charge in [-0.3, -0.25) is 0 Å². The van der Waals surface area contributed by atoms with Gasteiger partial charge < -0.3 is 4.74 Å². The van der Waals surface area contributed by atoms with Gasteiger partial charge in [-0.2, -0.15) is 13.2 Å². The van der Waals surface area contributed by atoms with Gasteiger partial charge in [0, 0.05) is 10.9 Å². The Balaban J connectivity index is 1.70. The third-order valence-electron chi connectivity index (χ3n) is 3.22. The van der Waals surface area contributed by atoms with Crippen LogP contribution in [-0.4, -0.2) is 4.98 Å². The minimum Gasteiger partial charge on any atom is -0.484 e. The van der Waals surface area contributed by atoms with Crippen molar-refractivity contribution in [2.24, 2.45) is 0 Å². The zero-order valence-electron chi connectivity index (χ0n) is 12.2. The molecule has 0 unspecified atom stereocenters. The third kappa shape index (κ3) is 3.73. The van der Waals surface area contributed by atoms with Gasteiger partial charge in [-0.05, 0) is 24.3 Å². The first-order valence-electron chi connectivity index (χ1n) is 6.93. The van der Waals surface area contributed by atoms with Crippen molar-refractivity contribution >= 4 is 11.3 Å². The topological polar surface area (TPSA) is 22.1 Å². The molecule has 7 heteroatoms. The summed E-state index contributed by atoms with van der Waals surface area (Å²) >= 11 is 1.29. The summed E-state index contributed by atoms with van der Waals surface area (Å²) in [5, 5.41) is 2.31. The molecule has 0 aliphatic heterocycles. The number of nitrogens with zero attached hydrogens (tertiary/aromatic N) is 1. The van der Waals surface area contributed by atoms with Gasteiger partial charge in [-0.15, -0.1) is 11.3 Å². The number of halogens is 4. The van der Waals surface area contributed by atoms with E-state index in [4.69, 9.17) is 4.74 Å². The van der Waals surface area contributed by atoms with Crippen LogP contribution in [0.2, 0.25) is 0 Å². The molecule has 0 atom stereocenters. The van der Waals surface area contributed by atoms with E-state index in [1.807, 2.05) is 0 Å². The minimum absolute atomic E-state index is 0.0814. The van der Waals surface area contributed by atoms with E-state index >= 15 is 0 Å². The quantitative estimate of drug-likeness (QED) is 0.574. The molecule has 0 aliphatic carbocycles. The SMILES string of the molecule is Fc1ccccc1OCc1csc(-c2ccc(C(F)(F)F)cc2)n1. The van der Waals surface area contributed by atoms with Crippen LogP contribution >= 0.6 is 11.3 Å². The first-order chi connectivity index (χ1) is 11.4. The Bertz CT molecular complexity index is 827. The van der Waals surface area contributed by atoms with Crippen LogP contribution in [0.25, 0.3) is 10.6 Å². The molecule has 0 bridgehead atoms. The van der Waals surface area contributed by atoms with Gasteiger partial charge in [-0.1, -0.05) is 24.3 Å². The van der Waals surface area contributed by atoms with E-state index in [0.717, 1.165) is 12.1 Å². The Kier molecular flexibility index (Phi) is 4.53. The van der Waals surface area contributed by atoms with Crippen LogP contribution in [0, 0.1) is 5.82 Å². The molecule has 24 heavy (non-hydrogen) atoms. The molecule has 1 heterocycles. The van der Waals surface area contributed by atoms with Crippen LogP contribution in [0.15, 0.2) is 53.9 Å². The van der Waals surface area contributed by atoms with Gasteiger partial charge in [0.1, 0.15) is 11.6 Å². The van der Waals surface area contributed by atoms with Gasteiger partial charge in [0.25, 0.3) is 0 Å². The number of benzene rings is 2. The smallest absolute Gasteiger partial charge is 0.416 e. The number of ether oxygens (including phenoxy) is 1. The second-order valence-corrected chi connectivity index (χ2v) is 5.80. The van der Waals surface area contributed by atoms with Crippen LogP contribution in [0.5, 0.6) is 5.75 Å². The summed E-state index contributed by atoms with van der Waals surface area (Å²) in [6, 6.07) is 10.8. The predicted molar refractivity (Wildman–Crippen MR) is 83.3 cm³/mol. The highest BCUT2D eigenvalue weighted by molar-refractivity contribution is 7.13. The zero-order valence-corrected chi connectivity index (χ0v) is 13.0. The molecule has 0 fully saturated rings. The highest BCUT2D eigenvalue weighted by Gasteiger charge is 2.30. The van der Waals surface area contributed by atoms with Crippen LogP contribution in [-0.2, 0) is 12.8 Å². The van der Waals surface area contributed by atoms with Crippen molar-refractivity contribution in [2.75, 3.05) is 0 Å². The number of para-hydroxylation sites is 1. The summed E-state index contributed by atoms with van der Waals surface area (Å²) < 4.78 is 56.5. The molecule has 0 saturated carbocycles. The molecule has 124 valence electrons. The molecule has 0 radical (unpaired) electrons. The van der Waals surface area contributed by atoms with Gasteiger partial charge >= 0.3 is 6.18 Å². The van der Waals surface area contributed by atoms with Crippen molar-refractivity contribution in [2.45, 2.75) is 12.8 Å². The van der Waals surface area contributed by atoms with Crippen molar-refractivity contribution in [1.29, 1.82) is 0 Å². The molecule has 2 nitrogen and oxygen atoms in total. The standard InChI is InChI=1S/C17H11F4NOS/c18-14-3-1-2-4-15(14)23-9-13-10-24-16(22-13)11-5-7-12(8-6-11)17(19,20)21/h1-8,10H,9H2. The Morgan fingerprint density at radius 3 is 2.38 bits per heavy atom. The van der Waals surface area contributed by atoms with Crippen molar-refractivity contribution < 1.29 is 22.3 Å². The Morgan fingerprint density at radius 1 is 1.00 bits per heavy atom. The van der Waals surface area contributed by atoms with E-state index in [0.29, 0.717) is 16.3 Å². The van der Waals surface area contributed by atoms with Gasteiger partial charge in [0.2, 0.25) is 0 Å². The van der Waals surface area contributed by atoms with Gasteiger partial charge in [0.05, 0.1) is 11.3 Å². The van der Waals surface area contributed by atoms with Crippen molar-refractivity contribution in [3.8, 4) is 16.3 Å². The summed E-state index contributed by atoms with van der Waals surface area (Å²) in [6.45, 7) is 0.0814. The lowest BCUT2D eigenvalue weighted by molar-refractivity contribution is -0.137. The third-order valence-corrected chi connectivity index (χ3v) is 4.16. The average molecular weight is 353 g/mol. The van der Waals surface area contributed by atoms with E-state index in [1.165, 1.54) is 35.6 Å². The largest absolute Gasteiger partial charge is 0.484 e. The summed E-state index contributed by atoms with van der Waals surface area (Å²) in [5.74, 6) is -0.336. The molecule has 0 N–H and O–H groups in total. The zero-order chi connectivity index (χ0) is 17.2. The van der Waals surface area contributed by atoms with Crippen molar-refractivity contribution in [1.82, 2.24) is 4.98 Å². The molecule has 1 aromatic heterocycles. The molecule has 3 aromatic rings. The average Bonchev–Trinajstić information content (AvgIpc) is 3.02. The van der Waals surface area contributed by atoms with E-state index < -0.39 is 17.6 Å². The highest BCUT2D eigenvalue weighted by atomic mass is 32.1. The maximum absolute atomic E-state index is 13.5. The van der Waals surface area contributed by atoms with Gasteiger partial charge in [0.15, 0.2) is 11.6 Å². The molecule has 2 aromatic carbocycles. The summed E-state index contributed by atoms with van der Waals surface area (Å²) in [6.07, 6.45) is -4.36. The highest BCUT2D eigenvalue weighted by Crippen LogP contribution is 2.32. The lowest BCUT2D eigenvalue weighted by Gasteiger charge is -2.06. The van der Waals surface area contributed by atoms with Crippen LogP contribution in [0.1, 0.15) is 11.3 Å². The first kappa shape index (κ1) is 16.4. The predicted octanol–water partition coefficient (Wildman–Crippen LogP) is 5.55. The molecule has 0 amide bonds. The lowest BCUT2D eigenvalue weighted by atomic mass is 10.1. The van der Waals surface area contributed by atoms with Crippen LogP contribution < -0.4 is 4.74 Å². The summed E-state index contributed by atoms with van der Waals surface area (Å²) in [5.41, 5.74) is 0.467. The molecule has 0 spiro atoms. The van der Waals surface area contributed by atoms with E-state index in [2.05, 4.69) is 4.98 Å². The maximum Gasteiger partial charge on any atom is 0.416 e. The fourth-order valence-corrected chi connectivity index (χ4v) is 2.83. The van der Waals surface area contributed by atoms with Crippen molar-refractivity contribution in [3.63, 3.8) is 0 Å². The second kappa shape index (κ2) is 6.60. The fraction of sp³-hybridized carbons (Fsp3) is 0.118. The van der Waals surface area contributed by atoms with Gasteiger partial charge in [-0.25, -0.2) is 9.37 Å². The monoisotopic (exact) mass is 353 g/mol. The molecular weight excluding hydrogens is 342 g/mol. The summed E-state index contributed by atoms with van der Waals surface area (Å²) in [4.78, 5) is 4.31. The molecule has 0 saturated heterocycles.